The lowest BCUT2D eigenvalue weighted by Gasteiger charge is -2.15. The number of rotatable bonds is 10. The molecule has 9 nitrogen and oxygen atoms in total. The van der Waals surface area contributed by atoms with E-state index in [1.165, 1.54) is 18.2 Å². The Morgan fingerprint density at radius 1 is 0.821 bits per heavy atom. The molecule has 9 heteroatoms. The number of nitrogens with zero attached hydrogens (tertiary/aromatic N) is 1. The molecule has 0 bridgehead atoms. The SMILES string of the molecule is CCCNC(=O)[C@H](C)NC(=O)c1cccc(C(=O)N[C@@H](C)C(=O)NCCC)n1. The summed E-state index contributed by atoms with van der Waals surface area (Å²) in [6.07, 6.45) is 1.58. The molecule has 4 amide bonds. The molecule has 1 rings (SSSR count). The van der Waals surface area contributed by atoms with Crippen LogP contribution in [0, 0.1) is 0 Å². The van der Waals surface area contributed by atoms with E-state index in [1.807, 2.05) is 13.8 Å². The Bertz CT molecular complexity index is 652. The van der Waals surface area contributed by atoms with Crippen LogP contribution in [0.4, 0.5) is 0 Å². The monoisotopic (exact) mass is 391 g/mol. The van der Waals surface area contributed by atoms with Crippen LogP contribution in [0.3, 0.4) is 0 Å². The molecular weight excluding hydrogens is 362 g/mol. The Morgan fingerprint density at radius 2 is 1.21 bits per heavy atom. The van der Waals surface area contributed by atoms with Crippen LogP contribution in [0.25, 0.3) is 0 Å². The summed E-state index contributed by atoms with van der Waals surface area (Å²) in [4.78, 5) is 52.4. The van der Waals surface area contributed by atoms with E-state index >= 15 is 0 Å². The molecule has 4 N–H and O–H groups in total. The van der Waals surface area contributed by atoms with Crippen molar-refractivity contribution in [2.45, 2.75) is 52.6 Å². The van der Waals surface area contributed by atoms with E-state index in [9.17, 15) is 19.2 Å². The Kier molecular flexibility index (Phi) is 9.63. The number of carbonyl (C=O) groups excluding carboxylic acids is 4. The van der Waals surface area contributed by atoms with E-state index in [0.717, 1.165) is 12.8 Å². The summed E-state index contributed by atoms with van der Waals surface area (Å²) in [5, 5.41) is 10.5. The van der Waals surface area contributed by atoms with Crippen molar-refractivity contribution in [2.24, 2.45) is 0 Å². The van der Waals surface area contributed by atoms with E-state index in [0.29, 0.717) is 13.1 Å². The Balaban J connectivity index is 2.72. The molecule has 1 aromatic rings. The molecule has 28 heavy (non-hydrogen) atoms. The topological polar surface area (TPSA) is 129 Å². The lowest BCUT2D eigenvalue weighted by Crippen LogP contribution is -2.46. The Morgan fingerprint density at radius 3 is 1.57 bits per heavy atom. The van der Waals surface area contributed by atoms with Crippen LogP contribution in [-0.4, -0.2) is 53.8 Å². The third-order valence-corrected chi connectivity index (χ3v) is 3.79. The molecule has 154 valence electrons. The second-order valence-electron chi connectivity index (χ2n) is 6.38. The van der Waals surface area contributed by atoms with Crippen molar-refractivity contribution >= 4 is 23.6 Å². The summed E-state index contributed by atoms with van der Waals surface area (Å²) in [6, 6.07) is 2.93. The minimum absolute atomic E-state index is 0.00544. The maximum Gasteiger partial charge on any atom is 0.270 e. The molecule has 0 spiro atoms. The first kappa shape index (κ1) is 23.1. The molecule has 0 saturated heterocycles. The molecule has 2 atom stereocenters. The van der Waals surface area contributed by atoms with Crippen molar-refractivity contribution in [3.8, 4) is 0 Å². The van der Waals surface area contributed by atoms with Crippen molar-refractivity contribution in [3.05, 3.63) is 29.6 Å². The molecule has 1 aromatic heterocycles. The van der Waals surface area contributed by atoms with Gasteiger partial charge in [-0.2, -0.15) is 0 Å². The second kappa shape index (κ2) is 11.7. The van der Waals surface area contributed by atoms with Gasteiger partial charge < -0.3 is 21.3 Å². The summed E-state index contributed by atoms with van der Waals surface area (Å²) < 4.78 is 0. The lowest BCUT2D eigenvalue weighted by molar-refractivity contribution is -0.123. The van der Waals surface area contributed by atoms with Crippen LogP contribution >= 0.6 is 0 Å². The average Bonchev–Trinajstić information content (AvgIpc) is 2.69. The molecule has 0 fully saturated rings. The van der Waals surface area contributed by atoms with Crippen LogP contribution in [0.15, 0.2) is 18.2 Å². The summed E-state index contributed by atoms with van der Waals surface area (Å²) >= 11 is 0. The van der Waals surface area contributed by atoms with Crippen molar-refractivity contribution in [3.63, 3.8) is 0 Å². The fourth-order valence-electron chi connectivity index (χ4n) is 2.16. The van der Waals surface area contributed by atoms with Gasteiger partial charge in [-0.25, -0.2) is 4.98 Å². The Hall–Kier alpha value is -2.97. The number of amides is 4. The maximum absolute atomic E-state index is 12.3. The molecule has 0 saturated carbocycles. The predicted molar refractivity (Wildman–Crippen MR) is 105 cm³/mol. The number of aromatic nitrogens is 1. The third-order valence-electron chi connectivity index (χ3n) is 3.79. The van der Waals surface area contributed by atoms with E-state index in [2.05, 4.69) is 26.3 Å². The van der Waals surface area contributed by atoms with Gasteiger partial charge in [0.1, 0.15) is 23.5 Å². The summed E-state index contributed by atoms with van der Waals surface area (Å²) in [7, 11) is 0. The highest BCUT2D eigenvalue weighted by molar-refractivity contribution is 5.99. The van der Waals surface area contributed by atoms with Crippen LogP contribution in [0.2, 0.25) is 0 Å². The zero-order chi connectivity index (χ0) is 21.1. The second-order valence-corrected chi connectivity index (χ2v) is 6.38. The molecule has 0 aliphatic heterocycles. The quantitative estimate of drug-likeness (QED) is 0.458. The first-order chi connectivity index (χ1) is 13.3. The van der Waals surface area contributed by atoms with Crippen LogP contribution < -0.4 is 21.3 Å². The van der Waals surface area contributed by atoms with Crippen molar-refractivity contribution in [1.29, 1.82) is 0 Å². The smallest absolute Gasteiger partial charge is 0.270 e. The minimum Gasteiger partial charge on any atom is -0.354 e. The normalized spacial score (nSPS) is 12.4. The maximum atomic E-state index is 12.3. The summed E-state index contributed by atoms with van der Waals surface area (Å²) in [6.45, 7) is 8.04. The van der Waals surface area contributed by atoms with Gasteiger partial charge >= 0.3 is 0 Å². The van der Waals surface area contributed by atoms with Crippen LogP contribution in [0.5, 0.6) is 0 Å². The van der Waals surface area contributed by atoms with Gasteiger partial charge in [-0.05, 0) is 38.8 Å². The molecule has 0 aliphatic rings. The van der Waals surface area contributed by atoms with Crippen molar-refractivity contribution < 1.29 is 19.2 Å². The van der Waals surface area contributed by atoms with E-state index in [-0.39, 0.29) is 23.2 Å². The number of pyridine rings is 1. The van der Waals surface area contributed by atoms with Gasteiger partial charge in [-0.15, -0.1) is 0 Å². The zero-order valence-corrected chi connectivity index (χ0v) is 16.8. The van der Waals surface area contributed by atoms with E-state index in [1.54, 1.807) is 13.8 Å². The zero-order valence-electron chi connectivity index (χ0n) is 16.8. The number of nitrogens with one attached hydrogen (secondary N) is 4. The molecule has 0 aromatic carbocycles. The van der Waals surface area contributed by atoms with Gasteiger partial charge in [-0.1, -0.05) is 19.9 Å². The van der Waals surface area contributed by atoms with Gasteiger partial charge in [-0.3, -0.25) is 19.2 Å². The standard InChI is InChI=1S/C19H29N5O4/c1-5-10-20-16(25)12(3)22-18(27)14-8-7-9-15(24-14)19(28)23-13(4)17(26)21-11-6-2/h7-9,12-13H,5-6,10-11H2,1-4H3,(H,20,25)(H,21,26)(H,22,27)(H,23,28)/t12-,13-/m0/s1. The lowest BCUT2D eigenvalue weighted by atomic mass is 10.2. The molecule has 0 unspecified atom stereocenters. The van der Waals surface area contributed by atoms with E-state index in [4.69, 9.17) is 0 Å². The number of hydrogen-bond acceptors (Lipinski definition) is 5. The average molecular weight is 391 g/mol. The first-order valence-corrected chi connectivity index (χ1v) is 9.44. The van der Waals surface area contributed by atoms with Crippen LogP contribution in [0.1, 0.15) is 61.5 Å². The third kappa shape index (κ3) is 7.34. The highest BCUT2D eigenvalue weighted by atomic mass is 16.2. The molecule has 0 radical (unpaired) electrons. The fourth-order valence-corrected chi connectivity index (χ4v) is 2.16. The Labute approximate surface area is 165 Å². The van der Waals surface area contributed by atoms with Crippen LogP contribution in [-0.2, 0) is 9.59 Å². The van der Waals surface area contributed by atoms with Crippen molar-refractivity contribution in [1.82, 2.24) is 26.3 Å². The molecule has 1 heterocycles. The number of hydrogen-bond donors (Lipinski definition) is 4. The minimum atomic E-state index is -0.736. The largest absolute Gasteiger partial charge is 0.354 e. The van der Waals surface area contributed by atoms with Gasteiger partial charge in [0, 0.05) is 13.1 Å². The summed E-state index contributed by atoms with van der Waals surface area (Å²) in [5.74, 6) is -1.72. The predicted octanol–water partition coefficient (Wildman–Crippen LogP) is 0.371. The number of carbonyl (C=O) groups is 4. The van der Waals surface area contributed by atoms with Crippen molar-refractivity contribution in [2.75, 3.05) is 13.1 Å². The van der Waals surface area contributed by atoms with Gasteiger partial charge in [0.05, 0.1) is 0 Å². The fraction of sp³-hybridized carbons (Fsp3) is 0.526. The summed E-state index contributed by atoms with van der Waals surface area (Å²) in [5.41, 5.74) is 0.0109. The van der Waals surface area contributed by atoms with Gasteiger partial charge in [0.15, 0.2) is 0 Å². The van der Waals surface area contributed by atoms with E-state index < -0.39 is 23.9 Å². The highest BCUT2D eigenvalue weighted by Gasteiger charge is 2.20. The molecule has 0 aliphatic carbocycles. The highest BCUT2D eigenvalue weighted by Crippen LogP contribution is 2.01. The van der Waals surface area contributed by atoms with Gasteiger partial charge in [0.2, 0.25) is 11.8 Å². The van der Waals surface area contributed by atoms with Gasteiger partial charge in [0.25, 0.3) is 11.8 Å². The molecular formula is C19H29N5O4. The first-order valence-electron chi connectivity index (χ1n) is 9.44.